The number of nitriles is 1. The van der Waals surface area contributed by atoms with Gasteiger partial charge in [-0.05, 0) is 12.8 Å². The number of anilines is 1. The van der Waals surface area contributed by atoms with Crippen molar-refractivity contribution in [2.24, 2.45) is 11.7 Å². The minimum absolute atomic E-state index is 0.168. The molecule has 33 heavy (non-hydrogen) atoms. The van der Waals surface area contributed by atoms with Gasteiger partial charge < -0.3 is 24.8 Å². The maximum atomic E-state index is 14.1. The van der Waals surface area contributed by atoms with E-state index in [1.54, 1.807) is 9.80 Å². The number of amides is 1. The number of fused-ring (bicyclic) bond motifs is 1. The van der Waals surface area contributed by atoms with Crippen LogP contribution in [0.1, 0.15) is 19.3 Å². The van der Waals surface area contributed by atoms with Crippen LogP contribution < -0.4 is 10.6 Å². The van der Waals surface area contributed by atoms with Crippen LogP contribution in [-0.4, -0.2) is 72.0 Å². The molecule has 2 aromatic rings. The Labute approximate surface area is 189 Å². The molecule has 11 heteroatoms. The lowest BCUT2D eigenvalue weighted by Gasteiger charge is -2.34. The van der Waals surface area contributed by atoms with Crippen LogP contribution in [0.5, 0.6) is 0 Å². The largest absolute Gasteiger partial charge is 0.381 e. The molecule has 3 atom stereocenters. The molecule has 1 amide bonds. The number of aromatic nitrogens is 2. The molecule has 1 unspecified atom stereocenters. The first-order chi connectivity index (χ1) is 15.9. The number of rotatable bonds is 7. The first kappa shape index (κ1) is 23.3. The van der Waals surface area contributed by atoms with Crippen LogP contribution in [0.25, 0.3) is 11.0 Å². The molecule has 8 nitrogen and oxygen atoms in total. The van der Waals surface area contributed by atoms with E-state index in [0.717, 1.165) is 18.6 Å². The van der Waals surface area contributed by atoms with Crippen molar-refractivity contribution in [1.29, 1.82) is 5.26 Å². The van der Waals surface area contributed by atoms with Gasteiger partial charge in [0.25, 0.3) is 0 Å². The highest BCUT2D eigenvalue weighted by Gasteiger charge is 2.31. The highest BCUT2D eigenvalue weighted by molar-refractivity contribution is 5.83. The van der Waals surface area contributed by atoms with Gasteiger partial charge in [0.05, 0.1) is 36.2 Å². The Balaban J connectivity index is 1.66. The summed E-state index contributed by atoms with van der Waals surface area (Å²) in [4.78, 5) is 21.1. The summed E-state index contributed by atoms with van der Waals surface area (Å²) in [6.07, 6.45) is 0.0496. The lowest BCUT2D eigenvalue weighted by molar-refractivity contribution is -0.132. The van der Waals surface area contributed by atoms with Gasteiger partial charge in [-0.3, -0.25) is 4.79 Å². The zero-order chi connectivity index (χ0) is 23.5. The quantitative estimate of drug-likeness (QED) is 0.673. The molecule has 2 N–H and O–H groups in total. The summed E-state index contributed by atoms with van der Waals surface area (Å²) in [5.41, 5.74) is 6.36. The molecule has 4 rings (SSSR count). The Morgan fingerprint density at radius 3 is 2.82 bits per heavy atom. The van der Waals surface area contributed by atoms with E-state index in [4.69, 9.17) is 15.7 Å². The molecular weight excluding hydrogens is 437 g/mol. The predicted octanol–water partition coefficient (Wildman–Crippen LogP) is 1.97. The molecular formula is C22H27F3N6O2. The SMILES string of the molecule is N#CCCN(CC1CCOC1)C(=O)Cn1c(N2CC[C@@H](F)[C@H](N)C2)nc2cc(F)c(F)cc21. The van der Waals surface area contributed by atoms with Crippen LogP contribution in [-0.2, 0) is 16.1 Å². The molecule has 1 aromatic heterocycles. The van der Waals surface area contributed by atoms with Crippen LogP contribution >= 0.6 is 0 Å². The summed E-state index contributed by atoms with van der Waals surface area (Å²) in [5.74, 6) is -1.87. The molecule has 178 valence electrons. The number of nitrogens with zero attached hydrogens (tertiary/aromatic N) is 5. The lowest BCUT2D eigenvalue weighted by atomic mass is 10.1. The van der Waals surface area contributed by atoms with Gasteiger partial charge >= 0.3 is 0 Å². The number of hydrogen-bond acceptors (Lipinski definition) is 6. The van der Waals surface area contributed by atoms with Crippen LogP contribution in [0, 0.1) is 28.9 Å². The number of halogens is 3. The number of carbonyl (C=O) groups excluding carboxylic acids is 1. The van der Waals surface area contributed by atoms with Gasteiger partial charge in [0.2, 0.25) is 11.9 Å². The molecule has 2 aliphatic heterocycles. The van der Waals surface area contributed by atoms with E-state index in [1.165, 1.54) is 4.57 Å². The zero-order valence-corrected chi connectivity index (χ0v) is 18.2. The minimum Gasteiger partial charge on any atom is -0.381 e. The van der Waals surface area contributed by atoms with Crippen molar-refractivity contribution in [2.45, 2.75) is 38.0 Å². The van der Waals surface area contributed by atoms with Crippen molar-refractivity contribution in [1.82, 2.24) is 14.5 Å². The highest BCUT2D eigenvalue weighted by Crippen LogP contribution is 2.28. The summed E-state index contributed by atoms with van der Waals surface area (Å²) >= 11 is 0. The number of benzene rings is 1. The molecule has 0 aliphatic carbocycles. The third kappa shape index (κ3) is 5.07. The average molecular weight is 464 g/mol. The Bertz CT molecular complexity index is 1050. The molecule has 3 heterocycles. The van der Waals surface area contributed by atoms with Crippen LogP contribution in [0.15, 0.2) is 12.1 Å². The van der Waals surface area contributed by atoms with Crippen LogP contribution in [0.3, 0.4) is 0 Å². The van der Waals surface area contributed by atoms with Crippen molar-refractivity contribution in [3.8, 4) is 6.07 Å². The standard InChI is InChI=1S/C22H27F3N6O2/c23-15-2-6-30(11-18(15)27)22-28-19-8-16(24)17(25)9-20(19)31(22)12-21(32)29(5-1-4-26)10-14-3-7-33-13-14/h8-9,14-15,18H,1-3,5-7,10-13,27H2/t14?,15-,18-/m1/s1. The third-order valence-electron chi connectivity index (χ3n) is 6.27. The monoisotopic (exact) mass is 464 g/mol. The number of ether oxygens (including phenoxy) is 1. The minimum atomic E-state index is -1.15. The maximum absolute atomic E-state index is 14.1. The average Bonchev–Trinajstić information content (AvgIpc) is 3.42. The molecule has 0 radical (unpaired) electrons. The van der Waals surface area contributed by atoms with Gasteiger partial charge in [0, 0.05) is 50.8 Å². The number of hydrogen-bond donors (Lipinski definition) is 1. The van der Waals surface area contributed by atoms with E-state index in [0.29, 0.717) is 32.3 Å². The Hall–Kier alpha value is -2.84. The number of imidazole rings is 1. The smallest absolute Gasteiger partial charge is 0.242 e. The Morgan fingerprint density at radius 2 is 2.12 bits per heavy atom. The van der Waals surface area contributed by atoms with Crippen molar-refractivity contribution >= 4 is 22.9 Å². The van der Waals surface area contributed by atoms with Crippen LogP contribution in [0.4, 0.5) is 19.1 Å². The molecule has 2 saturated heterocycles. The fraction of sp³-hybridized carbons (Fsp3) is 0.591. The van der Waals surface area contributed by atoms with E-state index in [-0.39, 0.29) is 55.3 Å². The first-order valence-corrected chi connectivity index (χ1v) is 11.1. The second-order valence-corrected chi connectivity index (χ2v) is 8.65. The Morgan fingerprint density at radius 1 is 1.33 bits per heavy atom. The molecule has 0 spiro atoms. The van der Waals surface area contributed by atoms with E-state index >= 15 is 0 Å². The Kier molecular flexibility index (Phi) is 7.05. The summed E-state index contributed by atoms with van der Waals surface area (Å²) < 4.78 is 48.8. The topological polar surface area (TPSA) is 100 Å². The summed E-state index contributed by atoms with van der Waals surface area (Å²) in [5, 5.41) is 9.02. The molecule has 2 aliphatic rings. The van der Waals surface area contributed by atoms with Gasteiger partial charge in [0.15, 0.2) is 11.6 Å². The second kappa shape index (κ2) is 9.97. The van der Waals surface area contributed by atoms with Gasteiger partial charge in [-0.2, -0.15) is 5.26 Å². The van der Waals surface area contributed by atoms with Crippen molar-refractivity contribution < 1.29 is 22.7 Å². The van der Waals surface area contributed by atoms with Gasteiger partial charge in [-0.15, -0.1) is 0 Å². The summed E-state index contributed by atoms with van der Waals surface area (Å²) in [7, 11) is 0. The third-order valence-corrected chi connectivity index (χ3v) is 6.27. The number of alkyl halides is 1. The molecule has 2 fully saturated rings. The fourth-order valence-electron chi connectivity index (χ4n) is 4.42. The second-order valence-electron chi connectivity index (χ2n) is 8.65. The molecule has 0 bridgehead atoms. The van der Waals surface area contributed by atoms with Crippen molar-refractivity contribution in [2.75, 3.05) is 44.3 Å². The normalized spacial score (nSPS) is 23.1. The van der Waals surface area contributed by atoms with Crippen molar-refractivity contribution in [3.05, 3.63) is 23.8 Å². The van der Waals surface area contributed by atoms with E-state index in [1.807, 2.05) is 0 Å². The summed E-state index contributed by atoms with van der Waals surface area (Å²) in [6, 6.07) is 3.33. The molecule has 1 aromatic carbocycles. The lowest BCUT2D eigenvalue weighted by Crippen LogP contribution is -2.50. The van der Waals surface area contributed by atoms with Gasteiger partial charge in [-0.25, -0.2) is 18.2 Å². The number of carbonyl (C=O) groups is 1. The number of piperidine rings is 1. The maximum Gasteiger partial charge on any atom is 0.242 e. The fourth-order valence-corrected chi connectivity index (χ4v) is 4.42. The number of nitrogens with two attached hydrogens (primary N) is 1. The van der Waals surface area contributed by atoms with Crippen molar-refractivity contribution in [3.63, 3.8) is 0 Å². The van der Waals surface area contributed by atoms with E-state index in [2.05, 4.69) is 11.1 Å². The predicted molar refractivity (Wildman–Crippen MR) is 115 cm³/mol. The zero-order valence-electron chi connectivity index (χ0n) is 18.2. The highest BCUT2D eigenvalue weighted by atomic mass is 19.2. The first-order valence-electron chi connectivity index (χ1n) is 11.1. The van der Waals surface area contributed by atoms with Gasteiger partial charge in [-0.1, -0.05) is 0 Å². The van der Waals surface area contributed by atoms with E-state index < -0.39 is 23.8 Å². The summed E-state index contributed by atoms with van der Waals surface area (Å²) in [6.45, 7) is 2.20. The van der Waals surface area contributed by atoms with Gasteiger partial charge in [0.1, 0.15) is 12.7 Å². The van der Waals surface area contributed by atoms with E-state index in [9.17, 15) is 18.0 Å². The van der Waals surface area contributed by atoms with Crippen LogP contribution in [0.2, 0.25) is 0 Å². The molecule has 0 saturated carbocycles.